The van der Waals surface area contributed by atoms with E-state index in [1.165, 1.54) is 101 Å². The molecule has 0 aromatic carbocycles. The minimum Gasteiger partial charge on any atom is -0.481 e. The Morgan fingerprint density at radius 1 is 0.621 bits per heavy atom. The Balaban J connectivity index is 5.04. The molecule has 0 aromatic heterocycles. The summed E-state index contributed by atoms with van der Waals surface area (Å²) in [7, 11) is 1.72. The highest BCUT2D eigenvalue weighted by Crippen LogP contribution is 2.50. The van der Waals surface area contributed by atoms with E-state index in [1.807, 2.05) is 14.1 Å². The lowest BCUT2D eigenvalue weighted by Crippen LogP contribution is -2.43. The smallest absolute Gasteiger partial charge is 0.479 e. The summed E-state index contributed by atoms with van der Waals surface area (Å²) in [6, 6.07) is 0. The Hall–Kier alpha value is -1.35. The van der Waals surface area contributed by atoms with Gasteiger partial charge in [-0.25, -0.2) is 9.09 Å². The van der Waals surface area contributed by atoms with Crippen LogP contribution < -0.4 is 0 Å². The number of ether oxygens (including phenoxy) is 2. The summed E-state index contributed by atoms with van der Waals surface area (Å²) in [5, 5.41) is 17.2. The van der Waals surface area contributed by atoms with Gasteiger partial charge in [-0.3, -0.25) is 28.2 Å². The van der Waals surface area contributed by atoms with Crippen molar-refractivity contribution in [2.75, 3.05) is 52.9 Å². The molecular formula is C42H81NO12PS2+. The second-order valence-corrected chi connectivity index (χ2v) is 20.1. The Labute approximate surface area is 359 Å². The molecule has 342 valence electrons. The number of carboxylic acids is 2. The van der Waals surface area contributed by atoms with Crippen LogP contribution in [0.3, 0.4) is 0 Å². The lowest BCUT2D eigenvalue weighted by molar-refractivity contribution is -0.903. The molecule has 0 saturated carbocycles. The minimum absolute atomic E-state index is 0.0224. The highest BCUT2D eigenvalue weighted by atomic mass is 33.1. The zero-order chi connectivity index (χ0) is 43.3. The molecule has 0 amide bonds. The largest absolute Gasteiger partial charge is 0.481 e. The molecule has 58 heavy (non-hydrogen) atoms. The Morgan fingerprint density at radius 2 is 1.09 bits per heavy atom. The summed E-state index contributed by atoms with van der Waals surface area (Å²) >= 11 is 0. The van der Waals surface area contributed by atoms with Gasteiger partial charge in [-0.2, -0.15) is 0 Å². The van der Waals surface area contributed by atoms with E-state index in [9.17, 15) is 28.8 Å². The van der Waals surface area contributed by atoms with Crippen molar-refractivity contribution in [3.63, 3.8) is 0 Å². The van der Waals surface area contributed by atoms with Gasteiger partial charge in [0.1, 0.15) is 11.9 Å². The van der Waals surface area contributed by atoms with Crippen LogP contribution in [0.2, 0.25) is 0 Å². The number of carboxylic acid groups (broad SMARTS) is 2. The van der Waals surface area contributed by atoms with Gasteiger partial charge in [0.2, 0.25) is 0 Å². The molecule has 16 heteroatoms. The van der Waals surface area contributed by atoms with Gasteiger partial charge in [0.05, 0.1) is 46.0 Å². The summed E-state index contributed by atoms with van der Waals surface area (Å²) in [6.07, 6.45) is 24.6. The van der Waals surface area contributed by atoms with Crippen molar-refractivity contribution >= 4 is 53.3 Å². The molecule has 0 aromatic rings. The lowest BCUT2D eigenvalue weighted by Gasteiger charge is -2.30. The first-order valence-corrected chi connectivity index (χ1v) is 26.0. The molecule has 0 spiro atoms. The predicted molar refractivity (Wildman–Crippen MR) is 235 cm³/mol. The van der Waals surface area contributed by atoms with Crippen LogP contribution in [-0.4, -0.2) is 103 Å². The summed E-state index contributed by atoms with van der Waals surface area (Å²) in [5.74, 6) is -2.75. The van der Waals surface area contributed by atoms with Crippen LogP contribution in [0.15, 0.2) is 0 Å². The number of quaternary nitrogens is 1. The SMILES string of the molecule is CCCCCCCCCCCCCC(=O)OCC(COP(=O)(OCC)OC[N+](C)(C)CCSSC(CC(=O)O)C(=O)O)OC(=O)CCCCCCCCCCCCC. The maximum atomic E-state index is 13.6. The van der Waals surface area contributed by atoms with Gasteiger partial charge >= 0.3 is 31.7 Å². The van der Waals surface area contributed by atoms with Crippen molar-refractivity contribution in [2.24, 2.45) is 0 Å². The summed E-state index contributed by atoms with van der Waals surface area (Å²) < 4.78 is 41.8. The normalized spacial score (nSPS) is 13.8. The first kappa shape index (κ1) is 56.6. The maximum absolute atomic E-state index is 13.6. The highest BCUT2D eigenvalue weighted by molar-refractivity contribution is 8.77. The van der Waals surface area contributed by atoms with Crippen molar-refractivity contribution in [2.45, 2.75) is 193 Å². The van der Waals surface area contributed by atoms with Crippen LogP contribution in [0.1, 0.15) is 181 Å². The number of esters is 2. The molecule has 3 atom stereocenters. The van der Waals surface area contributed by atoms with E-state index in [1.54, 1.807) is 6.92 Å². The number of aliphatic carboxylic acids is 2. The van der Waals surface area contributed by atoms with E-state index < -0.39 is 43.5 Å². The van der Waals surface area contributed by atoms with E-state index in [-0.39, 0.29) is 49.8 Å². The summed E-state index contributed by atoms with van der Waals surface area (Å²) in [6.45, 7) is 5.88. The van der Waals surface area contributed by atoms with Gasteiger partial charge in [0.25, 0.3) is 0 Å². The molecule has 0 radical (unpaired) electrons. The molecule has 2 N–H and O–H groups in total. The van der Waals surface area contributed by atoms with Crippen LogP contribution in [0.25, 0.3) is 0 Å². The van der Waals surface area contributed by atoms with Gasteiger partial charge in [-0.15, -0.1) is 0 Å². The number of unbranched alkanes of at least 4 members (excludes halogenated alkanes) is 20. The number of phosphoric acid groups is 1. The standard InChI is InChI=1S/C42H80NO12PS2/c1-6-9-11-13-15-17-19-21-23-25-27-29-40(46)51-34-37(55-41(47)30-28-26-24-22-20-18-16-14-12-10-7-2)35-53-56(50,52-8-3)54-36-43(4,5)31-32-57-58-38(42(48)49)33-39(44)45/h37-38H,6-36H2,1-5H3,(H-,44,45,48,49)/p+1. The molecule has 0 aliphatic carbocycles. The topological polar surface area (TPSA) is 172 Å². The van der Waals surface area contributed by atoms with E-state index in [0.29, 0.717) is 18.7 Å². The molecule has 0 bridgehead atoms. The van der Waals surface area contributed by atoms with Gasteiger partial charge in [-0.05, 0) is 19.8 Å². The minimum atomic E-state index is -4.14. The quantitative estimate of drug-likeness (QED) is 0.0148. The molecule has 0 heterocycles. The van der Waals surface area contributed by atoms with Gasteiger partial charge in [0, 0.05) is 12.8 Å². The van der Waals surface area contributed by atoms with Gasteiger partial charge in [-0.1, -0.05) is 164 Å². The second-order valence-electron chi connectivity index (χ2n) is 15.8. The number of nitrogens with zero attached hydrogens (tertiary/aromatic N) is 1. The van der Waals surface area contributed by atoms with Crippen molar-refractivity contribution < 1.29 is 61.5 Å². The Morgan fingerprint density at radius 3 is 1.53 bits per heavy atom. The number of carbonyl (C=O) groups is 4. The lowest BCUT2D eigenvalue weighted by atomic mass is 10.1. The molecule has 0 saturated heterocycles. The number of carbonyl (C=O) groups excluding carboxylic acids is 2. The molecule has 0 aliphatic heterocycles. The molecule has 0 rings (SSSR count). The first-order chi connectivity index (χ1) is 27.8. The molecule has 0 fully saturated rings. The average Bonchev–Trinajstić information content (AvgIpc) is 3.17. The van der Waals surface area contributed by atoms with E-state index in [0.717, 1.165) is 55.7 Å². The van der Waals surface area contributed by atoms with Crippen LogP contribution in [0.5, 0.6) is 0 Å². The average molecular weight is 887 g/mol. The molecule has 3 unspecified atom stereocenters. The number of hydrogen-bond donors (Lipinski definition) is 2. The van der Waals surface area contributed by atoms with Crippen molar-refractivity contribution in [3.8, 4) is 0 Å². The Kier molecular flexibility index (Phi) is 36.5. The fourth-order valence-electron chi connectivity index (χ4n) is 5.96. The monoisotopic (exact) mass is 886 g/mol. The molecule has 0 aliphatic rings. The second kappa shape index (κ2) is 37.4. The van der Waals surface area contributed by atoms with E-state index in [4.69, 9.17) is 28.2 Å². The zero-order valence-electron chi connectivity index (χ0n) is 36.8. The van der Waals surface area contributed by atoms with Gasteiger partial charge < -0.3 is 24.2 Å². The van der Waals surface area contributed by atoms with E-state index in [2.05, 4.69) is 13.8 Å². The maximum Gasteiger partial charge on any atom is 0.479 e. The fraction of sp³-hybridized carbons (Fsp3) is 0.905. The summed E-state index contributed by atoms with van der Waals surface area (Å²) in [4.78, 5) is 47.9. The van der Waals surface area contributed by atoms with Crippen molar-refractivity contribution in [3.05, 3.63) is 0 Å². The molecular weight excluding hydrogens is 806 g/mol. The zero-order valence-corrected chi connectivity index (χ0v) is 39.3. The van der Waals surface area contributed by atoms with Crippen molar-refractivity contribution in [1.82, 2.24) is 0 Å². The number of rotatable bonds is 43. The fourth-order valence-corrected chi connectivity index (χ4v) is 9.88. The third-order valence-corrected chi connectivity index (χ3v) is 13.7. The summed E-state index contributed by atoms with van der Waals surface area (Å²) in [5.41, 5.74) is 0. The van der Waals surface area contributed by atoms with Crippen molar-refractivity contribution in [1.29, 1.82) is 0 Å². The van der Waals surface area contributed by atoms with Crippen LogP contribution in [0.4, 0.5) is 0 Å². The molecule has 13 nitrogen and oxygen atoms in total. The Bertz CT molecular complexity index is 1120. The highest BCUT2D eigenvalue weighted by Gasteiger charge is 2.33. The first-order valence-electron chi connectivity index (χ1n) is 22.2. The third-order valence-electron chi connectivity index (χ3n) is 9.57. The predicted octanol–water partition coefficient (Wildman–Crippen LogP) is 11.4. The number of phosphoric ester groups is 1. The van der Waals surface area contributed by atoms with Crippen LogP contribution >= 0.6 is 29.4 Å². The van der Waals surface area contributed by atoms with Crippen LogP contribution in [0, 0.1) is 0 Å². The van der Waals surface area contributed by atoms with Gasteiger partial charge in [0.15, 0.2) is 12.8 Å². The number of hydrogen-bond acceptors (Lipinski definition) is 12. The third kappa shape index (κ3) is 35.4. The van der Waals surface area contributed by atoms with Crippen LogP contribution in [-0.2, 0) is 46.8 Å². The van der Waals surface area contributed by atoms with E-state index >= 15 is 0 Å².